The van der Waals surface area contributed by atoms with Gasteiger partial charge in [-0.15, -0.1) is 0 Å². The summed E-state index contributed by atoms with van der Waals surface area (Å²) in [5, 5.41) is 0. The van der Waals surface area contributed by atoms with Crippen molar-refractivity contribution in [3.63, 3.8) is 0 Å². The van der Waals surface area contributed by atoms with Crippen LogP contribution in [-0.2, 0) is 14.6 Å². The minimum absolute atomic E-state index is 0.101. The Bertz CT molecular complexity index is 263. The third-order valence-electron chi connectivity index (χ3n) is 2.31. The summed E-state index contributed by atoms with van der Waals surface area (Å²) in [6.45, 7) is 2.46. The largest absolute Gasteiger partial charge is 0.435 e. The van der Waals surface area contributed by atoms with Gasteiger partial charge in [0.1, 0.15) is 0 Å². The molecular formula is C8H18O4SSi. The molecule has 6 heteroatoms. The molecule has 1 aliphatic rings. The van der Waals surface area contributed by atoms with Crippen LogP contribution >= 0.6 is 0 Å². The van der Waals surface area contributed by atoms with Crippen molar-refractivity contribution in [3.8, 4) is 0 Å². The first kappa shape index (κ1) is 12.2. The smallest absolute Gasteiger partial charge is 0.169 e. The van der Waals surface area contributed by atoms with E-state index < -0.39 is 18.9 Å². The van der Waals surface area contributed by atoms with Gasteiger partial charge in [-0.2, -0.15) is 0 Å². The van der Waals surface area contributed by atoms with Gasteiger partial charge in [-0.25, -0.2) is 8.42 Å². The molecule has 84 valence electrons. The van der Waals surface area contributed by atoms with E-state index in [0.29, 0.717) is 13.0 Å². The second-order valence-electron chi connectivity index (χ2n) is 3.89. The van der Waals surface area contributed by atoms with Crippen molar-refractivity contribution in [3.05, 3.63) is 0 Å². The van der Waals surface area contributed by atoms with Crippen molar-refractivity contribution in [2.75, 3.05) is 18.1 Å². The van der Waals surface area contributed by atoms with Crippen LogP contribution in [0.5, 0.6) is 0 Å². The number of hydrogen-bond acceptors (Lipinski definition) is 4. The fourth-order valence-corrected chi connectivity index (χ4v) is 3.90. The topological polar surface area (TPSA) is 63.6 Å². The minimum atomic E-state index is -2.81. The molecule has 0 aromatic rings. The average Bonchev–Trinajstić information content (AvgIpc) is 2.39. The van der Waals surface area contributed by atoms with Crippen molar-refractivity contribution < 1.29 is 18.0 Å². The molecule has 14 heavy (non-hydrogen) atoms. The Morgan fingerprint density at radius 2 is 2.29 bits per heavy atom. The lowest BCUT2D eigenvalue weighted by molar-refractivity contribution is 0.0712. The van der Waals surface area contributed by atoms with E-state index in [9.17, 15) is 8.42 Å². The second kappa shape index (κ2) is 5.25. The third kappa shape index (κ3) is 4.54. The third-order valence-corrected chi connectivity index (χ3v) is 5.29. The molecule has 0 aliphatic carbocycles. The molecule has 2 atom stereocenters. The maximum absolute atomic E-state index is 11.1. The van der Waals surface area contributed by atoms with Crippen molar-refractivity contribution in [1.82, 2.24) is 0 Å². The summed E-state index contributed by atoms with van der Waals surface area (Å²) in [6, 6.07) is 0.847. The average molecular weight is 238 g/mol. The number of rotatable bonds is 5. The van der Waals surface area contributed by atoms with Gasteiger partial charge in [0, 0.05) is 6.61 Å². The van der Waals surface area contributed by atoms with Crippen LogP contribution in [0.15, 0.2) is 0 Å². The van der Waals surface area contributed by atoms with Crippen LogP contribution < -0.4 is 0 Å². The molecule has 1 saturated heterocycles. The van der Waals surface area contributed by atoms with E-state index in [1.807, 2.05) is 6.55 Å². The molecule has 0 radical (unpaired) electrons. The lowest BCUT2D eigenvalue weighted by Crippen LogP contribution is -2.16. The standard InChI is InChI=1S/C8H18O4SSi/c1-14(11)6-2-4-12-8-3-5-13(9,10)7-8/h8,11,14H,2-7H2,1H3. The summed E-state index contributed by atoms with van der Waals surface area (Å²) in [5.41, 5.74) is 0. The summed E-state index contributed by atoms with van der Waals surface area (Å²) in [7, 11) is -4.27. The highest BCUT2D eigenvalue weighted by atomic mass is 32.2. The summed E-state index contributed by atoms with van der Waals surface area (Å²) < 4.78 is 27.6. The zero-order chi connectivity index (χ0) is 10.6. The lowest BCUT2D eigenvalue weighted by atomic mass is 10.3. The molecule has 0 saturated carbocycles. The first-order valence-corrected chi connectivity index (χ1v) is 9.30. The zero-order valence-corrected chi connectivity index (χ0v) is 10.4. The molecule has 1 aliphatic heterocycles. The van der Waals surface area contributed by atoms with E-state index in [4.69, 9.17) is 9.53 Å². The highest BCUT2D eigenvalue weighted by Crippen LogP contribution is 2.15. The molecule has 1 heterocycles. The number of ether oxygens (including phenoxy) is 1. The monoisotopic (exact) mass is 238 g/mol. The molecule has 1 rings (SSSR count). The van der Waals surface area contributed by atoms with Crippen LogP contribution in [0.2, 0.25) is 12.6 Å². The molecular weight excluding hydrogens is 220 g/mol. The normalized spacial score (nSPS) is 27.7. The first-order chi connectivity index (χ1) is 6.49. The Kier molecular flexibility index (Phi) is 4.56. The highest BCUT2D eigenvalue weighted by molar-refractivity contribution is 7.91. The van der Waals surface area contributed by atoms with Crippen LogP contribution in [0.25, 0.3) is 0 Å². The van der Waals surface area contributed by atoms with E-state index in [-0.39, 0.29) is 17.6 Å². The Hall–Kier alpha value is 0.0869. The summed E-state index contributed by atoms with van der Waals surface area (Å²) in [4.78, 5) is 9.11. The van der Waals surface area contributed by atoms with Crippen LogP contribution in [0.4, 0.5) is 0 Å². The molecule has 0 bridgehead atoms. The molecule has 4 nitrogen and oxygen atoms in total. The maximum Gasteiger partial charge on any atom is 0.169 e. The van der Waals surface area contributed by atoms with E-state index >= 15 is 0 Å². The molecule has 2 unspecified atom stereocenters. The van der Waals surface area contributed by atoms with Crippen LogP contribution in [-0.4, -0.2) is 46.5 Å². The fraction of sp³-hybridized carbons (Fsp3) is 1.00. The Morgan fingerprint density at radius 3 is 2.79 bits per heavy atom. The molecule has 1 fully saturated rings. The van der Waals surface area contributed by atoms with E-state index in [1.54, 1.807) is 0 Å². The molecule has 0 amide bonds. The van der Waals surface area contributed by atoms with Crippen molar-refractivity contribution in [1.29, 1.82) is 0 Å². The molecule has 1 N–H and O–H groups in total. The maximum atomic E-state index is 11.1. The summed E-state index contributed by atoms with van der Waals surface area (Å²) in [6.07, 6.45) is 1.38. The summed E-state index contributed by atoms with van der Waals surface area (Å²) >= 11 is 0. The zero-order valence-electron chi connectivity index (χ0n) is 8.48. The van der Waals surface area contributed by atoms with Gasteiger partial charge in [0.05, 0.1) is 17.6 Å². The van der Waals surface area contributed by atoms with Gasteiger partial charge in [0.2, 0.25) is 0 Å². The van der Waals surface area contributed by atoms with E-state index in [1.165, 1.54) is 0 Å². The van der Waals surface area contributed by atoms with Gasteiger partial charge < -0.3 is 9.53 Å². The predicted molar refractivity (Wildman–Crippen MR) is 57.7 cm³/mol. The van der Waals surface area contributed by atoms with E-state index in [0.717, 1.165) is 12.5 Å². The van der Waals surface area contributed by atoms with Gasteiger partial charge in [-0.05, 0) is 25.4 Å². The second-order valence-corrected chi connectivity index (χ2v) is 8.39. The Labute approximate surface area is 86.9 Å². The van der Waals surface area contributed by atoms with Crippen molar-refractivity contribution >= 4 is 18.9 Å². The van der Waals surface area contributed by atoms with Crippen LogP contribution in [0.3, 0.4) is 0 Å². The van der Waals surface area contributed by atoms with Crippen molar-refractivity contribution in [2.24, 2.45) is 0 Å². The molecule has 0 aromatic carbocycles. The van der Waals surface area contributed by atoms with E-state index in [2.05, 4.69) is 0 Å². The number of sulfone groups is 1. The van der Waals surface area contributed by atoms with Crippen molar-refractivity contribution in [2.45, 2.75) is 31.5 Å². The lowest BCUT2D eigenvalue weighted by Gasteiger charge is -2.09. The highest BCUT2D eigenvalue weighted by Gasteiger charge is 2.28. The van der Waals surface area contributed by atoms with Gasteiger partial charge in [0.25, 0.3) is 0 Å². The van der Waals surface area contributed by atoms with Crippen LogP contribution in [0, 0.1) is 0 Å². The first-order valence-electron chi connectivity index (χ1n) is 5.00. The quantitative estimate of drug-likeness (QED) is 0.538. The van der Waals surface area contributed by atoms with Gasteiger partial charge in [-0.3, -0.25) is 0 Å². The fourth-order valence-electron chi connectivity index (χ4n) is 1.52. The van der Waals surface area contributed by atoms with Gasteiger partial charge in [0.15, 0.2) is 18.9 Å². The summed E-state index contributed by atoms with van der Waals surface area (Å²) in [5.74, 6) is 0.446. The van der Waals surface area contributed by atoms with Gasteiger partial charge >= 0.3 is 0 Å². The predicted octanol–water partition coefficient (Wildman–Crippen LogP) is -0.0739. The van der Waals surface area contributed by atoms with Crippen LogP contribution in [0.1, 0.15) is 12.8 Å². The van der Waals surface area contributed by atoms with Gasteiger partial charge in [-0.1, -0.05) is 0 Å². The molecule has 0 aromatic heterocycles. The molecule has 0 spiro atoms. The Morgan fingerprint density at radius 1 is 1.57 bits per heavy atom. The minimum Gasteiger partial charge on any atom is -0.435 e. The number of hydrogen-bond donors (Lipinski definition) is 1. The Balaban J connectivity index is 2.09. The SMILES string of the molecule is C[SiH](O)CCCOC1CCS(=O)(=O)C1.